The fourth-order valence-electron chi connectivity index (χ4n) is 2.45. The first kappa shape index (κ1) is 13.6. The van der Waals surface area contributed by atoms with Gasteiger partial charge in [-0.1, -0.05) is 0 Å². The van der Waals surface area contributed by atoms with Crippen molar-refractivity contribution in [3.8, 4) is 6.07 Å². The van der Waals surface area contributed by atoms with Gasteiger partial charge in [0.15, 0.2) is 0 Å². The van der Waals surface area contributed by atoms with Crippen molar-refractivity contribution in [2.45, 2.75) is 12.8 Å². The Morgan fingerprint density at radius 1 is 1.68 bits per heavy atom. The summed E-state index contributed by atoms with van der Waals surface area (Å²) >= 11 is 0. The van der Waals surface area contributed by atoms with E-state index in [4.69, 9.17) is 5.26 Å². The molecule has 6 nitrogen and oxygen atoms in total. The van der Waals surface area contributed by atoms with Crippen molar-refractivity contribution in [2.24, 2.45) is 5.92 Å². The number of aromatic amines is 1. The molecule has 0 bridgehead atoms. The summed E-state index contributed by atoms with van der Waals surface area (Å²) in [5, 5.41) is 8.83. The van der Waals surface area contributed by atoms with E-state index < -0.39 is 5.69 Å². The predicted octanol–water partition coefficient (Wildman–Crippen LogP) is 0.420. The van der Waals surface area contributed by atoms with Crippen LogP contribution in [-0.2, 0) is 0 Å². The van der Waals surface area contributed by atoms with E-state index in [0.29, 0.717) is 11.7 Å². The molecule has 1 aromatic rings. The molecule has 102 valence electrons. The smallest absolute Gasteiger partial charge is 0.347 e. The predicted molar refractivity (Wildman–Crippen MR) is 73.1 cm³/mol. The molecule has 0 aromatic carbocycles. The Morgan fingerprint density at radius 2 is 2.47 bits per heavy atom. The Hall–Kier alpha value is -1.87. The van der Waals surface area contributed by atoms with Gasteiger partial charge < -0.3 is 9.80 Å². The lowest BCUT2D eigenvalue weighted by molar-refractivity contribution is 0.389. The molecular formula is C13H19N5O. The van der Waals surface area contributed by atoms with Crippen molar-refractivity contribution in [2.75, 3.05) is 38.6 Å². The van der Waals surface area contributed by atoms with Gasteiger partial charge >= 0.3 is 5.69 Å². The molecule has 19 heavy (non-hydrogen) atoms. The third-order valence-electron chi connectivity index (χ3n) is 3.60. The maximum Gasteiger partial charge on any atom is 0.347 e. The number of nitrogens with one attached hydrogen (secondary N) is 1. The Kier molecular flexibility index (Phi) is 4.17. The van der Waals surface area contributed by atoms with Crippen LogP contribution in [0.3, 0.4) is 0 Å². The molecule has 1 aliphatic rings. The Morgan fingerprint density at radius 3 is 3.11 bits per heavy atom. The van der Waals surface area contributed by atoms with Crippen molar-refractivity contribution in [1.82, 2.24) is 14.9 Å². The summed E-state index contributed by atoms with van der Waals surface area (Å²) in [7, 11) is 4.04. The molecule has 0 radical (unpaired) electrons. The van der Waals surface area contributed by atoms with Gasteiger partial charge in [0.2, 0.25) is 0 Å². The molecule has 1 aromatic heterocycles. The second-order valence-corrected chi connectivity index (χ2v) is 5.20. The monoisotopic (exact) mass is 261 g/mol. The number of nitrogens with zero attached hydrogens (tertiary/aromatic N) is 4. The molecule has 0 saturated carbocycles. The van der Waals surface area contributed by atoms with Crippen LogP contribution in [0.4, 0.5) is 5.82 Å². The zero-order chi connectivity index (χ0) is 13.8. The fourth-order valence-corrected chi connectivity index (χ4v) is 2.45. The highest BCUT2D eigenvalue weighted by Gasteiger charge is 2.19. The van der Waals surface area contributed by atoms with Gasteiger partial charge in [-0.15, -0.1) is 0 Å². The van der Waals surface area contributed by atoms with E-state index in [9.17, 15) is 4.79 Å². The quantitative estimate of drug-likeness (QED) is 0.850. The molecule has 1 N–H and O–H groups in total. The van der Waals surface area contributed by atoms with Crippen molar-refractivity contribution in [3.63, 3.8) is 0 Å². The largest absolute Gasteiger partial charge is 0.359 e. The van der Waals surface area contributed by atoms with Crippen molar-refractivity contribution >= 4 is 5.82 Å². The highest BCUT2D eigenvalue weighted by atomic mass is 16.1. The molecular weight excluding hydrogens is 242 g/mol. The molecule has 2 rings (SSSR count). The number of hydrogen-bond donors (Lipinski definition) is 1. The van der Waals surface area contributed by atoms with Crippen LogP contribution in [-0.4, -0.2) is 48.6 Å². The minimum absolute atomic E-state index is 0.252. The molecule has 1 fully saturated rings. The molecule has 1 atom stereocenters. The number of likely N-dealkylation sites (tertiary alicyclic amines) is 1. The van der Waals surface area contributed by atoms with E-state index in [1.54, 1.807) is 6.07 Å². The molecule has 2 heterocycles. The van der Waals surface area contributed by atoms with E-state index in [1.807, 2.05) is 18.0 Å². The summed E-state index contributed by atoms with van der Waals surface area (Å²) in [5.74, 6) is 1.27. The molecule has 0 aliphatic carbocycles. The maximum atomic E-state index is 11.3. The summed E-state index contributed by atoms with van der Waals surface area (Å²) in [5.41, 5.74) is -0.219. The fraction of sp³-hybridized carbons (Fsp3) is 0.615. The molecule has 1 unspecified atom stereocenters. The average Bonchev–Trinajstić information content (AvgIpc) is 2.81. The van der Waals surface area contributed by atoms with Crippen LogP contribution < -0.4 is 10.6 Å². The highest BCUT2D eigenvalue weighted by molar-refractivity contribution is 5.40. The summed E-state index contributed by atoms with van der Waals surface area (Å²) < 4.78 is 0. The van der Waals surface area contributed by atoms with Crippen LogP contribution in [0.25, 0.3) is 0 Å². The molecule has 1 aliphatic heterocycles. The SMILES string of the molecule is CN1CCC(CCN(C)c2cc(C#N)[nH]c(=O)n2)C1. The van der Waals surface area contributed by atoms with Gasteiger partial charge in [-0.3, -0.25) is 4.98 Å². The molecule has 0 amide bonds. The second kappa shape index (κ2) is 5.85. The minimum atomic E-state index is -0.471. The van der Waals surface area contributed by atoms with Gasteiger partial charge in [0.05, 0.1) is 0 Å². The van der Waals surface area contributed by atoms with E-state index in [0.717, 1.165) is 26.1 Å². The lowest BCUT2D eigenvalue weighted by atomic mass is 10.1. The molecule has 1 saturated heterocycles. The third kappa shape index (κ3) is 3.55. The first-order valence-corrected chi connectivity index (χ1v) is 6.49. The zero-order valence-corrected chi connectivity index (χ0v) is 11.4. The van der Waals surface area contributed by atoms with Crippen molar-refractivity contribution < 1.29 is 0 Å². The van der Waals surface area contributed by atoms with Gasteiger partial charge in [0, 0.05) is 26.2 Å². The first-order valence-electron chi connectivity index (χ1n) is 6.49. The summed E-state index contributed by atoms with van der Waals surface area (Å²) in [6, 6.07) is 3.55. The van der Waals surface area contributed by atoms with Crippen molar-refractivity contribution in [1.29, 1.82) is 5.26 Å². The van der Waals surface area contributed by atoms with E-state index in [1.165, 1.54) is 6.42 Å². The Balaban J connectivity index is 1.96. The topological polar surface area (TPSA) is 76.0 Å². The first-order chi connectivity index (χ1) is 9.08. The van der Waals surface area contributed by atoms with Gasteiger partial charge in [-0.25, -0.2) is 4.79 Å². The number of H-pyrrole nitrogens is 1. The van der Waals surface area contributed by atoms with Gasteiger partial charge in [-0.2, -0.15) is 10.2 Å². The van der Waals surface area contributed by atoms with Crippen LogP contribution in [0.1, 0.15) is 18.5 Å². The minimum Gasteiger partial charge on any atom is -0.359 e. The lowest BCUT2D eigenvalue weighted by Crippen LogP contribution is -2.26. The lowest BCUT2D eigenvalue weighted by Gasteiger charge is -2.20. The average molecular weight is 261 g/mol. The van der Waals surface area contributed by atoms with Crippen molar-refractivity contribution in [3.05, 3.63) is 22.2 Å². The van der Waals surface area contributed by atoms with Crippen LogP contribution in [0.15, 0.2) is 10.9 Å². The summed E-state index contributed by atoms with van der Waals surface area (Å²) in [4.78, 5) is 21.9. The van der Waals surface area contributed by atoms with E-state index in [2.05, 4.69) is 21.9 Å². The van der Waals surface area contributed by atoms with E-state index in [-0.39, 0.29) is 5.69 Å². The Labute approximate surface area is 112 Å². The van der Waals surface area contributed by atoms with Gasteiger partial charge in [0.25, 0.3) is 0 Å². The number of nitriles is 1. The van der Waals surface area contributed by atoms with Gasteiger partial charge in [-0.05, 0) is 32.4 Å². The number of rotatable bonds is 4. The third-order valence-corrected chi connectivity index (χ3v) is 3.60. The van der Waals surface area contributed by atoms with Gasteiger partial charge in [0.1, 0.15) is 17.6 Å². The number of aromatic nitrogens is 2. The second-order valence-electron chi connectivity index (χ2n) is 5.20. The maximum absolute atomic E-state index is 11.3. The normalized spacial score (nSPS) is 19.3. The highest BCUT2D eigenvalue weighted by Crippen LogP contribution is 2.19. The Bertz CT molecular complexity index is 533. The van der Waals surface area contributed by atoms with Crippen LogP contribution in [0, 0.1) is 17.2 Å². The summed E-state index contributed by atoms with van der Waals surface area (Å²) in [6.45, 7) is 3.15. The zero-order valence-electron chi connectivity index (χ0n) is 11.4. The van der Waals surface area contributed by atoms with E-state index >= 15 is 0 Å². The van der Waals surface area contributed by atoms with Crippen LogP contribution in [0.2, 0.25) is 0 Å². The molecule has 0 spiro atoms. The number of anilines is 1. The van der Waals surface area contributed by atoms with Crippen LogP contribution in [0.5, 0.6) is 0 Å². The summed E-state index contributed by atoms with van der Waals surface area (Å²) in [6.07, 6.45) is 2.31. The standard InChI is InChI=1S/C13H19N5O/c1-17-5-3-10(9-17)4-6-18(2)12-7-11(8-14)15-13(19)16-12/h7,10H,3-6,9H2,1-2H3,(H,15,16,19). The number of hydrogen-bond acceptors (Lipinski definition) is 5. The van der Waals surface area contributed by atoms with Crippen LogP contribution >= 0.6 is 0 Å². The molecule has 6 heteroatoms.